The number of nitrogens with zero attached hydrogens (tertiary/aromatic N) is 2. The molecule has 2 rings (SSSR count). The molecule has 0 aromatic heterocycles. The molecular formula is C8H17N3O. The van der Waals surface area contributed by atoms with Gasteiger partial charge in [0.25, 0.3) is 0 Å². The van der Waals surface area contributed by atoms with E-state index in [1.807, 2.05) is 0 Å². The third-order valence-corrected chi connectivity index (χ3v) is 2.76. The number of hydrogen-bond donors (Lipinski definition) is 2. The fourth-order valence-corrected chi connectivity index (χ4v) is 1.96. The molecule has 0 saturated carbocycles. The van der Waals surface area contributed by atoms with Crippen LogP contribution in [0.25, 0.3) is 0 Å². The molecule has 2 fully saturated rings. The van der Waals surface area contributed by atoms with Gasteiger partial charge in [-0.2, -0.15) is 5.06 Å². The van der Waals surface area contributed by atoms with Gasteiger partial charge in [-0.1, -0.05) is 0 Å². The molecule has 0 spiro atoms. The quantitative estimate of drug-likeness (QED) is 0.550. The Kier molecular flexibility index (Phi) is 2.32. The molecule has 0 aromatic carbocycles. The average molecular weight is 171 g/mol. The van der Waals surface area contributed by atoms with Gasteiger partial charge >= 0.3 is 0 Å². The van der Waals surface area contributed by atoms with E-state index in [0.29, 0.717) is 12.1 Å². The van der Waals surface area contributed by atoms with Gasteiger partial charge in [0.15, 0.2) is 0 Å². The van der Waals surface area contributed by atoms with Crippen LogP contribution in [-0.4, -0.2) is 60.0 Å². The molecule has 4 heteroatoms. The van der Waals surface area contributed by atoms with Crippen molar-refractivity contribution < 1.29 is 5.21 Å². The highest BCUT2D eigenvalue weighted by Crippen LogP contribution is 2.13. The highest BCUT2D eigenvalue weighted by Gasteiger charge is 2.32. The third-order valence-electron chi connectivity index (χ3n) is 2.76. The van der Waals surface area contributed by atoms with E-state index in [0.717, 1.165) is 32.7 Å². The van der Waals surface area contributed by atoms with Gasteiger partial charge in [0.05, 0.1) is 0 Å². The summed E-state index contributed by atoms with van der Waals surface area (Å²) in [5.41, 5.74) is 0. The molecule has 2 aliphatic rings. The molecule has 0 aliphatic carbocycles. The van der Waals surface area contributed by atoms with Gasteiger partial charge in [-0.05, 0) is 6.92 Å². The minimum Gasteiger partial charge on any atom is -0.314 e. The zero-order valence-corrected chi connectivity index (χ0v) is 7.53. The lowest BCUT2D eigenvalue weighted by Gasteiger charge is -2.45. The van der Waals surface area contributed by atoms with Crippen LogP contribution in [0.15, 0.2) is 0 Å². The highest BCUT2D eigenvalue weighted by atomic mass is 16.5. The molecule has 0 aromatic rings. The molecule has 12 heavy (non-hydrogen) atoms. The van der Waals surface area contributed by atoms with E-state index in [2.05, 4.69) is 17.1 Å². The molecule has 0 amide bonds. The monoisotopic (exact) mass is 171 g/mol. The first kappa shape index (κ1) is 8.44. The number of rotatable bonds is 1. The summed E-state index contributed by atoms with van der Waals surface area (Å²) in [5.74, 6) is 0. The van der Waals surface area contributed by atoms with Crippen LogP contribution in [0, 0.1) is 0 Å². The molecule has 2 N–H and O–H groups in total. The lowest BCUT2D eigenvalue weighted by molar-refractivity contribution is -0.177. The fraction of sp³-hybridized carbons (Fsp3) is 1.00. The molecule has 2 heterocycles. The molecule has 0 radical (unpaired) electrons. The summed E-state index contributed by atoms with van der Waals surface area (Å²) in [6.45, 7) is 7.20. The van der Waals surface area contributed by atoms with Crippen molar-refractivity contribution in [3.05, 3.63) is 0 Å². The van der Waals surface area contributed by atoms with Gasteiger partial charge in [0.1, 0.15) is 0 Å². The maximum absolute atomic E-state index is 9.01. The zero-order chi connectivity index (χ0) is 8.55. The van der Waals surface area contributed by atoms with Gasteiger partial charge in [-0.25, -0.2) is 0 Å². The normalized spacial score (nSPS) is 35.0. The Hall–Kier alpha value is -0.160. The van der Waals surface area contributed by atoms with Crippen molar-refractivity contribution in [2.24, 2.45) is 0 Å². The van der Waals surface area contributed by atoms with Crippen molar-refractivity contribution in [1.29, 1.82) is 0 Å². The van der Waals surface area contributed by atoms with Crippen LogP contribution in [0.2, 0.25) is 0 Å². The van der Waals surface area contributed by atoms with Crippen LogP contribution in [0.1, 0.15) is 6.92 Å². The molecular weight excluding hydrogens is 154 g/mol. The van der Waals surface area contributed by atoms with Crippen LogP contribution in [-0.2, 0) is 0 Å². The second-order valence-electron chi connectivity index (χ2n) is 3.88. The Bertz CT molecular complexity index is 158. The predicted molar refractivity (Wildman–Crippen MR) is 46.2 cm³/mol. The minimum atomic E-state index is 0.597. The van der Waals surface area contributed by atoms with E-state index < -0.39 is 0 Å². The number of hydrogen-bond acceptors (Lipinski definition) is 4. The van der Waals surface area contributed by atoms with E-state index in [4.69, 9.17) is 5.21 Å². The Morgan fingerprint density at radius 1 is 1.33 bits per heavy atom. The number of nitrogens with one attached hydrogen (secondary N) is 1. The first-order chi connectivity index (χ1) is 5.75. The standard InChI is InChI=1S/C8H17N3O/c1-7-4-10(3-2-9-7)8-5-11(12)6-8/h7-9,12H,2-6H2,1H3. The zero-order valence-electron chi connectivity index (χ0n) is 7.53. The van der Waals surface area contributed by atoms with Crippen molar-refractivity contribution in [3.8, 4) is 0 Å². The maximum atomic E-state index is 9.01. The summed E-state index contributed by atoms with van der Waals surface area (Å²) in [5, 5.41) is 13.8. The van der Waals surface area contributed by atoms with E-state index in [9.17, 15) is 0 Å². The Morgan fingerprint density at radius 3 is 2.67 bits per heavy atom. The second kappa shape index (κ2) is 3.30. The van der Waals surface area contributed by atoms with Crippen molar-refractivity contribution in [1.82, 2.24) is 15.3 Å². The number of piperazine rings is 1. The van der Waals surface area contributed by atoms with Gasteiger partial charge in [-0.3, -0.25) is 4.90 Å². The highest BCUT2D eigenvalue weighted by molar-refractivity contribution is 4.88. The first-order valence-electron chi connectivity index (χ1n) is 4.67. The summed E-state index contributed by atoms with van der Waals surface area (Å²) in [4.78, 5) is 2.47. The third kappa shape index (κ3) is 1.61. The molecule has 0 bridgehead atoms. The van der Waals surface area contributed by atoms with Crippen LogP contribution in [0.5, 0.6) is 0 Å². The SMILES string of the molecule is CC1CN(C2CN(O)C2)CCN1. The first-order valence-corrected chi connectivity index (χ1v) is 4.67. The molecule has 70 valence electrons. The molecule has 2 saturated heterocycles. The Morgan fingerprint density at radius 2 is 2.08 bits per heavy atom. The number of hydroxylamine groups is 2. The van der Waals surface area contributed by atoms with Crippen molar-refractivity contribution in [3.63, 3.8) is 0 Å². The smallest absolute Gasteiger partial charge is 0.0408 e. The fourth-order valence-electron chi connectivity index (χ4n) is 1.96. The lowest BCUT2D eigenvalue weighted by Crippen LogP contribution is -2.63. The van der Waals surface area contributed by atoms with E-state index in [1.165, 1.54) is 5.06 Å². The second-order valence-corrected chi connectivity index (χ2v) is 3.88. The van der Waals surface area contributed by atoms with Crippen LogP contribution in [0.4, 0.5) is 0 Å². The minimum absolute atomic E-state index is 0.597. The van der Waals surface area contributed by atoms with Crippen molar-refractivity contribution in [2.45, 2.75) is 19.0 Å². The van der Waals surface area contributed by atoms with Gasteiger partial charge < -0.3 is 10.5 Å². The summed E-state index contributed by atoms with van der Waals surface area (Å²) in [6.07, 6.45) is 0. The Balaban J connectivity index is 1.80. The molecule has 1 atom stereocenters. The van der Waals surface area contributed by atoms with Gasteiger partial charge in [0, 0.05) is 44.8 Å². The molecule has 2 aliphatic heterocycles. The van der Waals surface area contributed by atoms with Crippen LogP contribution in [0.3, 0.4) is 0 Å². The summed E-state index contributed by atoms with van der Waals surface area (Å²) in [7, 11) is 0. The molecule has 1 unspecified atom stereocenters. The topological polar surface area (TPSA) is 38.7 Å². The molecule has 4 nitrogen and oxygen atoms in total. The Labute approximate surface area is 73.1 Å². The van der Waals surface area contributed by atoms with Crippen molar-refractivity contribution in [2.75, 3.05) is 32.7 Å². The van der Waals surface area contributed by atoms with Crippen LogP contribution < -0.4 is 5.32 Å². The van der Waals surface area contributed by atoms with E-state index >= 15 is 0 Å². The average Bonchev–Trinajstić information content (AvgIpc) is 1.99. The van der Waals surface area contributed by atoms with E-state index in [1.54, 1.807) is 0 Å². The summed E-state index contributed by atoms with van der Waals surface area (Å²) >= 11 is 0. The maximum Gasteiger partial charge on any atom is 0.0408 e. The predicted octanol–water partition coefficient (Wildman–Crippen LogP) is -0.646. The summed E-state index contributed by atoms with van der Waals surface area (Å²) in [6, 6.07) is 1.20. The summed E-state index contributed by atoms with van der Waals surface area (Å²) < 4.78 is 0. The largest absolute Gasteiger partial charge is 0.314 e. The van der Waals surface area contributed by atoms with Gasteiger partial charge in [-0.15, -0.1) is 0 Å². The van der Waals surface area contributed by atoms with Crippen LogP contribution >= 0.6 is 0 Å². The van der Waals surface area contributed by atoms with E-state index in [-0.39, 0.29) is 0 Å². The van der Waals surface area contributed by atoms with Gasteiger partial charge in [0.2, 0.25) is 0 Å². The lowest BCUT2D eigenvalue weighted by atomic mass is 10.1. The van der Waals surface area contributed by atoms with Crippen molar-refractivity contribution >= 4 is 0 Å².